The number of benzene rings is 2. The molecule has 3 rings (SSSR count). The molecule has 0 bridgehead atoms. The monoisotopic (exact) mass is 367 g/mol. The molecule has 1 saturated heterocycles. The predicted octanol–water partition coefficient (Wildman–Crippen LogP) is 3.96. The van der Waals surface area contributed by atoms with Gasteiger partial charge in [0.2, 0.25) is 5.91 Å². The maximum atomic E-state index is 14.5. The zero-order valence-corrected chi connectivity index (χ0v) is 15.0. The molecule has 2 aromatic rings. The fraction of sp³-hybridized carbons (Fsp3) is 0.273. The molecular formula is C22H22FNO3. The van der Waals surface area contributed by atoms with Crippen molar-refractivity contribution in [1.82, 2.24) is 4.90 Å². The Kier molecular flexibility index (Phi) is 6.01. The van der Waals surface area contributed by atoms with Gasteiger partial charge in [0.1, 0.15) is 12.8 Å². The van der Waals surface area contributed by atoms with Crippen LogP contribution in [0, 0.1) is 5.92 Å². The van der Waals surface area contributed by atoms with Gasteiger partial charge < -0.3 is 4.74 Å². The first-order valence-electron chi connectivity index (χ1n) is 8.94. The van der Waals surface area contributed by atoms with Crippen molar-refractivity contribution in [1.29, 1.82) is 0 Å². The normalized spacial score (nSPS) is 18.6. The summed E-state index contributed by atoms with van der Waals surface area (Å²) in [6.07, 6.45) is -0.492. The Morgan fingerprint density at radius 1 is 1.15 bits per heavy atom. The van der Waals surface area contributed by atoms with Crippen LogP contribution >= 0.6 is 0 Å². The Labute approximate surface area is 158 Å². The lowest BCUT2D eigenvalue weighted by molar-refractivity contribution is -0.134. The third-order valence-electron chi connectivity index (χ3n) is 4.74. The highest BCUT2D eigenvalue weighted by molar-refractivity contribution is 5.95. The van der Waals surface area contributed by atoms with E-state index in [0.29, 0.717) is 6.42 Å². The zero-order chi connectivity index (χ0) is 19.2. The van der Waals surface area contributed by atoms with Gasteiger partial charge in [-0.1, -0.05) is 66.7 Å². The van der Waals surface area contributed by atoms with Crippen molar-refractivity contribution in [2.45, 2.75) is 25.1 Å². The molecule has 2 amide bonds. The average Bonchev–Trinajstić information content (AvgIpc) is 3.06. The molecule has 3 atom stereocenters. The molecule has 0 aliphatic carbocycles. The molecule has 1 aliphatic heterocycles. The minimum Gasteiger partial charge on any atom is -0.447 e. The van der Waals surface area contributed by atoms with Gasteiger partial charge in [0.15, 0.2) is 0 Å². The summed E-state index contributed by atoms with van der Waals surface area (Å²) in [5.41, 5.74) is 1.81. The van der Waals surface area contributed by atoms with Crippen molar-refractivity contribution >= 4 is 12.0 Å². The number of allylic oxidation sites excluding steroid dienone is 1. The van der Waals surface area contributed by atoms with Gasteiger partial charge in [0.25, 0.3) is 0 Å². The summed E-state index contributed by atoms with van der Waals surface area (Å²) < 4.78 is 19.7. The smallest absolute Gasteiger partial charge is 0.416 e. The van der Waals surface area contributed by atoms with Crippen molar-refractivity contribution in [2.75, 3.05) is 6.61 Å². The molecule has 2 aromatic carbocycles. The van der Waals surface area contributed by atoms with Gasteiger partial charge >= 0.3 is 6.09 Å². The molecule has 27 heavy (non-hydrogen) atoms. The second-order valence-corrected chi connectivity index (χ2v) is 6.61. The van der Waals surface area contributed by atoms with E-state index < -0.39 is 30.1 Å². The Bertz CT molecular complexity index is 794. The number of halogens is 1. The fourth-order valence-electron chi connectivity index (χ4n) is 3.31. The second-order valence-electron chi connectivity index (χ2n) is 6.61. The molecule has 0 unspecified atom stereocenters. The number of carbonyl (C=O) groups is 2. The van der Waals surface area contributed by atoms with Gasteiger partial charge in [0, 0.05) is 0 Å². The lowest BCUT2D eigenvalue weighted by Crippen LogP contribution is -2.46. The number of ether oxygens (including phenoxy) is 1. The maximum absolute atomic E-state index is 14.5. The largest absolute Gasteiger partial charge is 0.447 e. The van der Waals surface area contributed by atoms with Crippen LogP contribution in [0.2, 0.25) is 0 Å². The molecule has 5 heteroatoms. The van der Waals surface area contributed by atoms with Crippen LogP contribution in [0.1, 0.15) is 11.1 Å². The molecule has 0 aromatic heterocycles. The van der Waals surface area contributed by atoms with E-state index in [9.17, 15) is 14.0 Å². The van der Waals surface area contributed by atoms with E-state index in [-0.39, 0.29) is 13.0 Å². The summed E-state index contributed by atoms with van der Waals surface area (Å²) in [6, 6.07) is 18.3. The first kappa shape index (κ1) is 18.8. The van der Waals surface area contributed by atoms with E-state index in [0.717, 1.165) is 22.1 Å². The van der Waals surface area contributed by atoms with Gasteiger partial charge in [-0.05, 0) is 24.0 Å². The number of amides is 2. The van der Waals surface area contributed by atoms with Crippen LogP contribution in [0.5, 0.6) is 0 Å². The molecule has 4 nitrogen and oxygen atoms in total. The topological polar surface area (TPSA) is 46.6 Å². The highest BCUT2D eigenvalue weighted by Crippen LogP contribution is 2.25. The molecule has 1 heterocycles. The Morgan fingerprint density at radius 2 is 1.74 bits per heavy atom. The van der Waals surface area contributed by atoms with Crippen LogP contribution in [0.3, 0.4) is 0 Å². The molecule has 140 valence electrons. The Hall–Kier alpha value is -2.95. The highest BCUT2D eigenvalue weighted by atomic mass is 19.1. The number of rotatable bonds is 7. The zero-order valence-electron chi connectivity index (χ0n) is 15.0. The minimum atomic E-state index is -1.55. The third-order valence-corrected chi connectivity index (χ3v) is 4.74. The van der Waals surface area contributed by atoms with Crippen LogP contribution in [0.15, 0.2) is 73.3 Å². The summed E-state index contributed by atoms with van der Waals surface area (Å²) >= 11 is 0. The number of nitrogens with zero attached hydrogens (tertiary/aromatic N) is 1. The van der Waals surface area contributed by atoms with Crippen molar-refractivity contribution in [3.05, 3.63) is 84.4 Å². The van der Waals surface area contributed by atoms with Crippen LogP contribution in [-0.2, 0) is 22.4 Å². The second kappa shape index (κ2) is 8.62. The van der Waals surface area contributed by atoms with E-state index in [1.165, 1.54) is 0 Å². The summed E-state index contributed by atoms with van der Waals surface area (Å²) in [5.74, 6) is -1.58. The number of hydrogen-bond donors (Lipinski definition) is 0. The molecule has 0 saturated carbocycles. The van der Waals surface area contributed by atoms with E-state index in [4.69, 9.17) is 4.74 Å². The number of alkyl halides is 1. The minimum absolute atomic E-state index is 0.114. The van der Waals surface area contributed by atoms with Crippen molar-refractivity contribution in [2.24, 2.45) is 5.92 Å². The molecule has 0 spiro atoms. The average molecular weight is 367 g/mol. The highest BCUT2D eigenvalue weighted by Gasteiger charge is 2.42. The van der Waals surface area contributed by atoms with Crippen molar-refractivity contribution < 1.29 is 18.7 Å². The third kappa shape index (κ3) is 4.42. The lowest BCUT2D eigenvalue weighted by atomic mass is 9.92. The summed E-state index contributed by atoms with van der Waals surface area (Å²) in [5, 5.41) is 0. The number of imide groups is 1. The van der Waals surface area contributed by atoms with Gasteiger partial charge in [-0.15, -0.1) is 6.58 Å². The predicted molar refractivity (Wildman–Crippen MR) is 101 cm³/mol. The van der Waals surface area contributed by atoms with Crippen molar-refractivity contribution in [3.8, 4) is 0 Å². The molecular weight excluding hydrogens is 345 g/mol. The first-order valence-corrected chi connectivity index (χ1v) is 8.94. The van der Waals surface area contributed by atoms with E-state index in [1.807, 2.05) is 60.7 Å². The van der Waals surface area contributed by atoms with E-state index in [1.54, 1.807) is 0 Å². The molecule has 1 aliphatic rings. The number of hydrogen-bond acceptors (Lipinski definition) is 3. The standard InChI is InChI=1S/C22H22FNO3/c1-2-20(23)19(14-17-11-7-4-8-12-17)21(25)24-18(15-27-22(24)26)13-16-9-5-3-6-10-16/h2-12,18-20H,1,13-15H2/t18-,19-,20+/m1/s1. The SMILES string of the molecule is C=C[C@H](F)[C@@H](Cc1ccccc1)C(=O)N1C(=O)OC[C@H]1Cc1ccccc1. The van der Waals surface area contributed by atoms with Crippen LogP contribution in [-0.4, -0.2) is 35.7 Å². The molecule has 1 fully saturated rings. The summed E-state index contributed by atoms with van der Waals surface area (Å²) in [4.78, 5) is 26.4. The van der Waals surface area contributed by atoms with Crippen LogP contribution in [0.25, 0.3) is 0 Å². The first-order chi connectivity index (χ1) is 13.1. The molecule has 0 radical (unpaired) electrons. The maximum Gasteiger partial charge on any atom is 0.416 e. The number of cyclic esters (lactones) is 1. The fourth-order valence-corrected chi connectivity index (χ4v) is 3.31. The van der Waals surface area contributed by atoms with Gasteiger partial charge in [-0.3, -0.25) is 4.79 Å². The summed E-state index contributed by atoms with van der Waals surface area (Å²) in [6.45, 7) is 3.59. The van der Waals surface area contributed by atoms with Gasteiger partial charge in [-0.2, -0.15) is 0 Å². The number of carbonyl (C=O) groups excluding carboxylic acids is 2. The Morgan fingerprint density at radius 3 is 2.33 bits per heavy atom. The lowest BCUT2D eigenvalue weighted by Gasteiger charge is -2.26. The quantitative estimate of drug-likeness (QED) is 0.696. The van der Waals surface area contributed by atoms with E-state index in [2.05, 4.69) is 6.58 Å². The van der Waals surface area contributed by atoms with Gasteiger partial charge in [-0.25, -0.2) is 14.1 Å². The van der Waals surface area contributed by atoms with Crippen molar-refractivity contribution in [3.63, 3.8) is 0 Å². The Balaban J connectivity index is 1.81. The van der Waals surface area contributed by atoms with Crippen LogP contribution < -0.4 is 0 Å². The molecule has 0 N–H and O–H groups in total. The van der Waals surface area contributed by atoms with E-state index >= 15 is 0 Å². The van der Waals surface area contributed by atoms with Crippen LogP contribution in [0.4, 0.5) is 9.18 Å². The summed E-state index contributed by atoms with van der Waals surface area (Å²) in [7, 11) is 0. The van der Waals surface area contributed by atoms with Gasteiger partial charge in [0.05, 0.1) is 12.0 Å².